The zero-order chi connectivity index (χ0) is 101. The van der Waals surface area contributed by atoms with E-state index in [0.717, 1.165) is 34.8 Å². The number of H-pyrrole nitrogens is 7. The molecule has 4 aromatic carbocycles. The number of amides is 2. The van der Waals surface area contributed by atoms with E-state index < -0.39 is 91.2 Å². The van der Waals surface area contributed by atoms with Crippen molar-refractivity contribution in [2.45, 2.75) is 96.9 Å². The van der Waals surface area contributed by atoms with E-state index in [0.29, 0.717) is 108 Å². The lowest BCUT2D eigenvalue weighted by Gasteiger charge is -2.24. The van der Waals surface area contributed by atoms with Gasteiger partial charge in [0.05, 0.1) is 68.3 Å². The minimum absolute atomic E-state index is 0.0102. The second-order valence-corrected chi connectivity index (χ2v) is 35.3. The van der Waals surface area contributed by atoms with Crippen LogP contribution in [0.25, 0.3) is 61.6 Å². The number of halogens is 4. The molecule has 55 heteroatoms. The van der Waals surface area contributed by atoms with Gasteiger partial charge in [-0.05, 0) is 109 Å². The Morgan fingerprint density at radius 3 is 1.81 bits per heavy atom. The van der Waals surface area contributed by atoms with Crippen LogP contribution in [0.4, 0.5) is 58.7 Å². The summed E-state index contributed by atoms with van der Waals surface area (Å²) in [6.45, 7) is 7.90. The maximum absolute atomic E-state index is 13.9. The fraction of sp³-hybridized carbons (Fsp3) is 0.274. The number of aliphatic hydroxyl groups is 3. The Labute approximate surface area is 778 Å². The highest BCUT2D eigenvalue weighted by Crippen LogP contribution is 2.41. The SMILES string of the molecule is CC(C)(CCn1cnc2c(=O)[nH]c(N)nc21)CCP(=O)(O)O.CN(Cc1cnc2nc(N)[nH]c(=O)c2n1)c1ccc(C(=O)N[C@@H](CCC(=O)O)C(=O)O)cc1.Cc1oncc1C(=O)Nc1ccc(C(F)(F)F)cc1.Nc1nc2c(CN3CC(O)C(CO)C3)c[nH]c2c(=O)[nH]1.Nc1nc2c([C@@H](CO)c3ccccc3F)c[nH]c2c(=O)[nH]1.Nc1nc2c(ncn2Cc2ccccc2/C=C/P(=O)(O)O)c(=O)[nH]1. The Morgan fingerprint density at radius 2 is 1.22 bits per heavy atom. The number of likely N-dealkylation sites (tertiary alicyclic amines) is 1. The van der Waals surface area contributed by atoms with Gasteiger partial charge in [-0.15, -0.1) is 0 Å². The summed E-state index contributed by atoms with van der Waals surface area (Å²) in [5, 5.41) is 54.7. The van der Waals surface area contributed by atoms with Crippen LogP contribution in [-0.4, -0.2) is 219 Å². The summed E-state index contributed by atoms with van der Waals surface area (Å²) < 4.78 is 81.1. The summed E-state index contributed by atoms with van der Waals surface area (Å²) in [5.74, 6) is -3.56. The highest BCUT2D eigenvalue weighted by Gasteiger charge is 2.33. The Balaban J connectivity index is 0.000000161. The summed E-state index contributed by atoms with van der Waals surface area (Å²) in [6.07, 6.45) is 5.74. The Kier molecular flexibility index (Phi) is 33.4. The van der Waals surface area contributed by atoms with Crippen molar-refractivity contribution in [3.63, 3.8) is 0 Å². The van der Waals surface area contributed by atoms with Crippen molar-refractivity contribution < 1.29 is 95.5 Å². The molecule has 1 aliphatic heterocycles. The number of hydrogen-bond donors (Lipinski definition) is 23. The lowest BCUT2D eigenvalue weighted by Crippen LogP contribution is -2.41. The summed E-state index contributed by atoms with van der Waals surface area (Å²) in [7, 11) is -6.46. The number of carboxylic acids is 2. The molecular weight excluding hydrogens is 1880 g/mol. The first-order valence-electron chi connectivity index (χ1n) is 41.5. The number of fused-ring (bicyclic) bond motifs is 5. The zero-order valence-corrected chi connectivity index (χ0v) is 75.6. The molecule has 1 saturated heterocycles. The van der Waals surface area contributed by atoms with Gasteiger partial charge in [0.1, 0.15) is 45.2 Å². The molecule has 1 fully saturated rings. The van der Waals surface area contributed by atoms with Crippen LogP contribution in [0.5, 0.6) is 0 Å². The molecule has 16 rings (SSSR count). The molecule has 49 nitrogen and oxygen atoms in total. The number of nitrogen functional groups attached to an aromatic ring is 5. The van der Waals surface area contributed by atoms with Crippen LogP contribution in [0, 0.1) is 24.1 Å². The number of nitrogens with zero attached hydrogens (tertiary/aromatic N) is 14. The molecule has 2 amide bonds. The minimum atomic E-state index is -4.40. The predicted molar refractivity (Wildman–Crippen MR) is 498 cm³/mol. The Bertz CT molecular complexity index is 7410. The van der Waals surface area contributed by atoms with E-state index in [9.17, 15) is 85.2 Å². The molecule has 2 unspecified atom stereocenters. The normalized spacial score (nSPS) is 13.8. The maximum Gasteiger partial charge on any atom is 0.416 e. The molecule has 0 spiro atoms. The van der Waals surface area contributed by atoms with Gasteiger partial charge in [-0.25, -0.2) is 39.1 Å². The van der Waals surface area contributed by atoms with E-state index in [1.807, 2.05) is 29.7 Å². The van der Waals surface area contributed by atoms with Crippen molar-refractivity contribution >= 4 is 142 Å². The molecule has 0 radical (unpaired) electrons. The van der Waals surface area contributed by atoms with E-state index in [2.05, 4.69) is 95.5 Å². The number of aromatic nitrogens is 19. The number of nitrogens with one attached hydrogen (secondary N) is 9. The third-order valence-corrected chi connectivity index (χ3v) is 22.6. The van der Waals surface area contributed by atoms with Gasteiger partial charge in [0, 0.05) is 104 Å². The van der Waals surface area contributed by atoms with Gasteiger partial charge in [0.15, 0.2) is 33.5 Å². The molecule has 0 bridgehead atoms. The maximum atomic E-state index is 13.9. The second-order valence-electron chi connectivity index (χ2n) is 32.1. The van der Waals surface area contributed by atoms with E-state index >= 15 is 0 Å². The molecule has 734 valence electrons. The first kappa shape index (κ1) is 104. The first-order valence-corrected chi connectivity index (χ1v) is 45.0. The highest BCUT2D eigenvalue weighted by molar-refractivity contribution is 7.55. The number of nitrogens with two attached hydrogens (primary N) is 5. The topological polar surface area (TPSA) is 793 Å². The minimum Gasteiger partial charge on any atom is -0.481 e. The van der Waals surface area contributed by atoms with Crippen molar-refractivity contribution in [3.05, 3.63) is 254 Å². The van der Waals surface area contributed by atoms with Crippen molar-refractivity contribution in [1.82, 2.24) is 104 Å². The van der Waals surface area contributed by atoms with Crippen LogP contribution >= 0.6 is 15.2 Å². The number of benzene rings is 4. The van der Waals surface area contributed by atoms with E-state index in [4.69, 9.17) is 63.0 Å². The number of aromatic amines is 7. The number of imidazole rings is 2. The van der Waals surface area contributed by atoms with Crippen molar-refractivity contribution in [2.75, 3.05) is 78.4 Å². The standard InChI is InChI=1S/C20H21N7O6.C14H13FN4O2.C14H14N5O4P.C12H9F3N2O2.C12H20N5O4P.C12H17N5O3/c1-27(9-11-8-22-16-15(23-11)18(31)26-20(21)25-16)12-4-2-10(3-5-12)17(30)24-13(19(32)33)6-7-14(28)29;15-10-4-2-1-3-7(10)9(6-20)8-5-17-12-11(8)18-14(16)19-13(12)21;15-14-17-12-11(13(20)18-14)16-8-19(12)7-10-4-2-1-3-9(10)5-6-24(21,22)23;1-7-10(6-16-19-7)11(18)17-9-4-2-8(3-5-9)12(13,14)15;1-12(2,4-6-22(19,20)21)3-5-17-7-14-8-9(17)15-11(13)16-10(8)18;13-12-15-9-6(1-14-10(9)11(20)16-12)2-17-3-7(5-18)8(19)4-17/h2-5,8,13H,6-7,9H2,1H3,(H,24,30)(H,28,29)(H,32,33)(H3,21,22,25,26,31);1-5,9,17,20H,6H2,(H3,16,18,19,21);1-6,8H,7H2,(H2,21,22,23)(H3,15,17,18,20);2-6H,1H3,(H,17,18);7H,3-6H2,1-2H3,(H2,19,20,21)(H3,13,15,16,18);1,7-8,14,18-19H,2-5H2,(H3,13,15,16,20)/b;;6-5+;;;/t13-;9-;;;;/m00..../s1. The number of hydrogen-bond acceptors (Lipinski definition) is 32. The Morgan fingerprint density at radius 1 is 0.647 bits per heavy atom. The number of carboxylic acid groups (broad SMARTS) is 2. The number of aryl methyl sites for hydroxylation is 2. The van der Waals surface area contributed by atoms with Gasteiger partial charge in [0.25, 0.3) is 39.6 Å². The fourth-order valence-corrected chi connectivity index (χ4v) is 15.3. The smallest absolute Gasteiger partial charge is 0.416 e. The molecule has 0 aliphatic carbocycles. The van der Waals surface area contributed by atoms with Gasteiger partial charge in [-0.1, -0.05) is 61.5 Å². The van der Waals surface area contributed by atoms with Crippen LogP contribution in [-0.2, 0) is 51.1 Å². The quantitative estimate of drug-likeness (QED) is 0.0248. The number of aliphatic hydroxyl groups excluding tert-OH is 3. The zero-order valence-electron chi connectivity index (χ0n) is 73.8. The van der Waals surface area contributed by atoms with Crippen LogP contribution in [0.3, 0.4) is 0 Å². The number of alkyl halides is 3. The van der Waals surface area contributed by atoms with Gasteiger partial charge < -0.3 is 113 Å². The number of carbonyl (C=O) groups excluding carboxylic acids is 2. The van der Waals surface area contributed by atoms with E-state index in [1.54, 1.807) is 84.0 Å². The molecule has 11 aromatic heterocycles. The molecule has 12 heterocycles. The number of rotatable bonds is 27. The number of aliphatic carboxylic acids is 2. The third kappa shape index (κ3) is 27.9. The number of carbonyl (C=O) groups is 4. The monoisotopic (exact) mass is 1970 g/mol. The Hall–Kier alpha value is -15.9. The predicted octanol–water partition coefficient (Wildman–Crippen LogP) is 4.53. The molecule has 0 saturated carbocycles. The number of anilines is 7. The second kappa shape index (κ2) is 44.7. The molecular formula is C84H94F4N28O21P2. The van der Waals surface area contributed by atoms with Crippen LogP contribution < -0.4 is 72.0 Å². The van der Waals surface area contributed by atoms with Crippen LogP contribution in [0.1, 0.15) is 111 Å². The molecule has 15 aromatic rings. The van der Waals surface area contributed by atoms with Crippen molar-refractivity contribution in [2.24, 2.45) is 11.3 Å². The average molecular weight is 1970 g/mol. The summed E-state index contributed by atoms with van der Waals surface area (Å²) in [6, 6.07) is 22.5. The van der Waals surface area contributed by atoms with E-state index in [-0.39, 0.29) is 129 Å². The number of β-amino-alcohol motifs (C(OH)–C–C–N with tert-alkyl or cyclic N) is 1. The van der Waals surface area contributed by atoms with Crippen molar-refractivity contribution in [1.29, 1.82) is 0 Å². The summed E-state index contributed by atoms with van der Waals surface area (Å²) in [5.41, 5.74) is 32.6. The third-order valence-electron chi connectivity index (χ3n) is 21.3. The van der Waals surface area contributed by atoms with Gasteiger partial charge in [0.2, 0.25) is 29.7 Å². The fourth-order valence-electron chi connectivity index (χ4n) is 14.0. The molecule has 139 heavy (non-hydrogen) atoms. The first-order chi connectivity index (χ1) is 65.6. The molecule has 1 aliphatic rings. The van der Waals surface area contributed by atoms with Crippen LogP contribution in [0.2, 0.25) is 0 Å². The van der Waals surface area contributed by atoms with Gasteiger partial charge in [-0.2, -0.15) is 28.1 Å². The average Bonchev–Trinajstić information content (AvgIpc) is 1.65. The van der Waals surface area contributed by atoms with E-state index in [1.165, 1.54) is 61.5 Å². The molecule has 28 N–H and O–H groups in total. The lowest BCUT2D eigenvalue weighted by molar-refractivity contribution is -0.141. The van der Waals surface area contributed by atoms with Gasteiger partial charge >= 0.3 is 33.3 Å². The summed E-state index contributed by atoms with van der Waals surface area (Å²) in [4.78, 5) is 199. The lowest BCUT2D eigenvalue weighted by atomic mass is 9.86. The van der Waals surface area contributed by atoms with Crippen molar-refractivity contribution in [3.8, 4) is 0 Å². The largest absolute Gasteiger partial charge is 0.481 e. The van der Waals surface area contributed by atoms with Crippen LogP contribution in [0.15, 0.2) is 169 Å². The summed E-state index contributed by atoms with van der Waals surface area (Å²) >= 11 is 0. The van der Waals surface area contributed by atoms with Gasteiger partial charge in [-0.3, -0.25) is 77.3 Å². The molecule has 4 atom stereocenters. The highest BCUT2D eigenvalue weighted by atomic mass is 31.2.